The molecule has 0 aliphatic heterocycles. The first kappa shape index (κ1) is 7.96. The summed E-state index contributed by atoms with van der Waals surface area (Å²) in [7, 11) is 0. The Hall–Kier alpha value is -0.0400. The van der Waals surface area contributed by atoms with Gasteiger partial charge in [-0.15, -0.1) is 0 Å². The van der Waals surface area contributed by atoms with Crippen molar-refractivity contribution >= 4 is 0 Å². The average molecular weight is 114 g/mol. The van der Waals surface area contributed by atoms with E-state index in [1.54, 1.807) is 0 Å². The quantitative estimate of drug-likeness (QED) is 0.585. The van der Waals surface area contributed by atoms with Crippen LogP contribution in [0.3, 0.4) is 0 Å². The number of hydrogen-bond donors (Lipinski definition) is 1. The molecule has 0 aliphatic carbocycles. The lowest BCUT2D eigenvalue weighted by molar-refractivity contribution is 0.550. The molecule has 0 aromatic carbocycles. The van der Waals surface area contributed by atoms with E-state index in [0.717, 1.165) is 13.0 Å². The first-order valence-electron chi connectivity index (χ1n) is 3.33. The summed E-state index contributed by atoms with van der Waals surface area (Å²) in [5.74, 6) is 0. The van der Waals surface area contributed by atoms with Crippen LogP contribution in [-0.4, -0.2) is 12.6 Å². The summed E-state index contributed by atoms with van der Waals surface area (Å²) < 4.78 is 0. The molecule has 0 aliphatic rings. The largest absolute Gasteiger partial charge is 0.314 e. The lowest BCUT2D eigenvalue weighted by Gasteiger charge is -2.08. The van der Waals surface area contributed by atoms with Gasteiger partial charge in [-0.2, -0.15) is 0 Å². The lowest BCUT2D eigenvalue weighted by atomic mass is 10.2. The zero-order valence-electron chi connectivity index (χ0n) is 5.91. The van der Waals surface area contributed by atoms with Crippen LogP contribution >= 0.6 is 0 Å². The zero-order chi connectivity index (χ0) is 6.41. The van der Waals surface area contributed by atoms with Gasteiger partial charge in [-0.25, -0.2) is 0 Å². The van der Waals surface area contributed by atoms with Crippen molar-refractivity contribution in [3.8, 4) is 0 Å². The highest BCUT2D eigenvalue weighted by Crippen LogP contribution is 1.85. The Bertz CT molecular complexity index is 43.7. The fraction of sp³-hybridized carbons (Fsp3) is 0.857. The molecular formula is C7H16N. The van der Waals surface area contributed by atoms with Gasteiger partial charge < -0.3 is 5.32 Å². The van der Waals surface area contributed by atoms with E-state index >= 15 is 0 Å². The fourth-order valence-corrected chi connectivity index (χ4v) is 0.493. The van der Waals surface area contributed by atoms with Gasteiger partial charge in [0.05, 0.1) is 0 Å². The second-order valence-corrected chi connectivity index (χ2v) is 2.14. The molecule has 1 atom stereocenters. The Morgan fingerprint density at radius 2 is 2.25 bits per heavy atom. The van der Waals surface area contributed by atoms with Crippen molar-refractivity contribution in [1.82, 2.24) is 5.32 Å². The van der Waals surface area contributed by atoms with Crippen LogP contribution in [-0.2, 0) is 0 Å². The first-order chi connectivity index (χ1) is 3.81. The fourth-order valence-electron chi connectivity index (χ4n) is 0.493. The Morgan fingerprint density at radius 3 is 2.62 bits per heavy atom. The molecule has 0 fully saturated rings. The molecule has 1 heteroatoms. The summed E-state index contributed by atoms with van der Waals surface area (Å²) >= 11 is 0. The molecule has 0 spiro atoms. The molecule has 0 amide bonds. The highest BCUT2D eigenvalue weighted by atomic mass is 14.9. The molecule has 1 N–H and O–H groups in total. The van der Waals surface area contributed by atoms with Crippen molar-refractivity contribution in [2.24, 2.45) is 0 Å². The molecule has 1 nitrogen and oxygen atoms in total. The molecule has 0 rings (SSSR count). The van der Waals surface area contributed by atoms with Gasteiger partial charge in [0.1, 0.15) is 0 Å². The van der Waals surface area contributed by atoms with Crippen LogP contribution in [0.5, 0.6) is 0 Å². The Balaban J connectivity index is 2.86. The standard InChI is InChI=1S/C7H16N/c1-4-6-8-7(3)5-2/h7-8H,2,4-6H2,1,3H3. The highest BCUT2D eigenvalue weighted by molar-refractivity contribution is 4.59. The summed E-state index contributed by atoms with van der Waals surface area (Å²) in [5, 5.41) is 3.32. The normalized spacial score (nSPS) is 13.9. The predicted octanol–water partition coefficient (Wildman–Crippen LogP) is 1.60. The van der Waals surface area contributed by atoms with Crippen LogP contribution in [0.1, 0.15) is 26.7 Å². The van der Waals surface area contributed by atoms with Crippen LogP contribution in [0, 0.1) is 6.92 Å². The van der Waals surface area contributed by atoms with Gasteiger partial charge in [-0.1, -0.05) is 13.8 Å². The second-order valence-electron chi connectivity index (χ2n) is 2.14. The lowest BCUT2D eigenvalue weighted by Crippen LogP contribution is -2.25. The molecule has 0 saturated heterocycles. The maximum absolute atomic E-state index is 3.78. The van der Waals surface area contributed by atoms with Crippen molar-refractivity contribution < 1.29 is 0 Å². The number of hydrogen-bond acceptors (Lipinski definition) is 1. The van der Waals surface area contributed by atoms with Crippen molar-refractivity contribution in [1.29, 1.82) is 0 Å². The van der Waals surface area contributed by atoms with Crippen LogP contribution in [0.25, 0.3) is 0 Å². The summed E-state index contributed by atoms with van der Waals surface area (Å²) in [6, 6.07) is 0.593. The van der Waals surface area contributed by atoms with Crippen LogP contribution < -0.4 is 5.32 Å². The van der Waals surface area contributed by atoms with E-state index in [0.29, 0.717) is 6.04 Å². The summed E-state index contributed by atoms with van der Waals surface area (Å²) in [6.07, 6.45) is 2.20. The maximum Gasteiger partial charge on any atom is 0.00387 e. The van der Waals surface area contributed by atoms with Gasteiger partial charge in [0.2, 0.25) is 0 Å². The van der Waals surface area contributed by atoms with Crippen molar-refractivity contribution in [3.05, 3.63) is 6.92 Å². The van der Waals surface area contributed by atoms with Gasteiger partial charge in [0.25, 0.3) is 0 Å². The maximum atomic E-state index is 3.78. The monoisotopic (exact) mass is 114 g/mol. The third-order valence-corrected chi connectivity index (χ3v) is 1.18. The Kier molecular flexibility index (Phi) is 5.08. The Morgan fingerprint density at radius 1 is 1.62 bits per heavy atom. The molecule has 0 bridgehead atoms. The number of rotatable bonds is 4. The van der Waals surface area contributed by atoms with Gasteiger partial charge in [-0.3, -0.25) is 0 Å². The predicted molar refractivity (Wildman–Crippen MR) is 37.7 cm³/mol. The molecule has 49 valence electrons. The van der Waals surface area contributed by atoms with E-state index in [4.69, 9.17) is 0 Å². The van der Waals surface area contributed by atoms with E-state index in [9.17, 15) is 0 Å². The third kappa shape index (κ3) is 4.13. The van der Waals surface area contributed by atoms with E-state index in [1.165, 1.54) is 6.42 Å². The first-order valence-corrected chi connectivity index (χ1v) is 3.33. The summed E-state index contributed by atoms with van der Waals surface area (Å²) in [4.78, 5) is 0. The van der Waals surface area contributed by atoms with Crippen LogP contribution in [0.15, 0.2) is 0 Å². The Labute approximate surface area is 52.5 Å². The van der Waals surface area contributed by atoms with Crippen molar-refractivity contribution in [2.45, 2.75) is 32.7 Å². The van der Waals surface area contributed by atoms with Gasteiger partial charge in [-0.05, 0) is 26.3 Å². The van der Waals surface area contributed by atoms with E-state index in [2.05, 4.69) is 26.1 Å². The van der Waals surface area contributed by atoms with E-state index in [-0.39, 0.29) is 0 Å². The highest BCUT2D eigenvalue weighted by Gasteiger charge is 1.92. The molecule has 8 heavy (non-hydrogen) atoms. The minimum Gasteiger partial charge on any atom is -0.314 e. The second kappa shape index (κ2) is 5.10. The molecule has 0 saturated carbocycles. The molecule has 0 aromatic rings. The van der Waals surface area contributed by atoms with Gasteiger partial charge in [0, 0.05) is 6.04 Å². The minimum absolute atomic E-state index is 0.593. The topological polar surface area (TPSA) is 12.0 Å². The van der Waals surface area contributed by atoms with Crippen molar-refractivity contribution in [3.63, 3.8) is 0 Å². The van der Waals surface area contributed by atoms with E-state index in [1.807, 2.05) is 0 Å². The number of nitrogens with one attached hydrogen (secondary N) is 1. The minimum atomic E-state index is 0.593. The van der Waals surface area contributed by atoms with Crippen LogP contribution in [0.2, 0.25) is 0 Å². The van der Waals surface area contributed by atoms with Crippen LogP contribution in [0.4, 0.5) is 0 Å². The zero-order valence-corrected chi connectivity index (χ0v) is 5.91. The molecule has 1 radical (unpaired) electrons. The third-order valence-electron chi connectivity index (χ3n) is 1.18. The van der Waals surface area contributed by atoms with Gasteiger partial charge >= 0.3 is 0 Å². The molecule has 0 heterocycles. The SMILES string of the molecule is [CH2]CC(C)NCCC. The summed E-state index contributed by atoms with van der Waals surface area (Å²) in [5.41, 5.74) is 0. The van der Waals surface area contributed by atoms with Crippen molar-refractivity contribution in [2.75, 3.05) is 6.54 Å². The average Bonchev–Trinajstić information content (AvgIpc) is 1.83. The van der Waals surface area contributed by atoms with E-state index < -0.39 is 0 Å². The molecular weight excluding hydrogens is 98.1 g/mol. The molecule has 1 unspecified atom stereocenters. The summed E-state index contributed by atoms with van der Waals surface area (Å²) in [6.45, 7) is 9.22. The molecule has 0 aromatic heterocycles. The smallest absolute Gasteiger partial charge is 0.00387 e. The van der Waals surface area contributed by atoms with Gasteiger partial charge in [0.15, 0.2) is 0 Å².